The predicted octanol–water partition coefficient (Wildman–Crippen LogP) is 1.03. The standard InChI is InChI=1S/C10H20N2O/c1-7(2)6-9(11)10(13)12-8-4-3-5-8/h7-9H,3-6,11H2,1-2H3,(H,12,13)/t9-/m1/s1. The minimum Gasteiger partial charge on any atom is -0.352 e. The van der Waals surface area contributed by atoms with Gasteiger partial charge in [-0.3, -0.25) is 4.79 Å². The fourth-order valence-electron chi connectivity index (χ4n) is 1.48. The van der Waals surface area contributed by atoms with Crippen LogP contribution >= 0.6 is 0 Å². The number of hydrogen-bond acceptors (Lipinski definition) is 2. The Hall–Kier alpha value is -0.570. The lowest BCUT2D eigenvalue weighted by Gasteiger charge is -2.28. The highest BCUT2D eigenvalue weighted by molar-refractivity contribution is 5.81. The Morgan fingerprint density at radius 3 is 2.54 bits per heavy atom. The number of hydrogen-bond donors (Lipinski definition) is 2. The average Bonchev–Trinajstić information content (AvgIpc) is 1.94. The van der Waals surface area contributed by atoms with Gasteiger partial charge in [-0.25, -0.2) is 0 Å². The van der Waals surface area contributed by atoms with Crippen LogP contribution in [0.3, 0.4) is 0 Å². The minimum atomic E-state index is -0.319. The number of carbonyl (C=O) groups excluding carboxylic acids is 1. The van der Waals surface area contributed by atoms with Crippen molar-refractivity contribution < 1.29 is 4.79 Å². The van der Waals surface area contributed by atoms with Crippen molar-refractivity contribution in [1.82, 2.24) is 5.32 Å². The molecule has 3 N–H and O–H groups in total. The Labute approximate surface area is 80.1 Å². The molecule has 0 aromatic carbocycles. The third kappa shape index (κ3) is 3.35. The molecule has 0 unspecified atom stereocenters. The van der Waals surface area contributed by atoms with Crippen molar-refractivity contribution >= 4 is 5.91 Å². The van der Waals surface area contributed by atoms with Crippen molar-refractivity contribution in [2.45, 2.75) is 51.6 Å². The molecule has 1 amide bonds. The summed E-state index contributed by atoms with van der Waals surface area (Å²) < 4.78 is 0. The van der Waals surface area contributed by atoms with E-state index in [1.807, 2.05) is 0 Å². The van der Waals surface area contributed by atoms with E-state index in [9.17, 15) is 4.79 Å². The molecule has 0 heterocycles. The van der Waals surface area contributed by atoms with Crippen LogP contribution in [0.15, 0.2) is 0 Å². The van der Waals surface area contributed by atoms with Crippen LogP contribution in [0.1, 0.15) is 39.5 Å². The first-order chi connectivity index (χ1) is 6.09. The molecule has 0 aromatic heterocycles. The van der Waals surface area contributed by atoms with Crippen molar-refractivity contribution in [3.63, 3.8) is 0 Å². The van der Waals surface area contributed by atoms with Crippen LogP contribution in [0.5, 0.6) is 0 Å². The monoisotopic (exact) mass is 184 g/mol. The zero-order valence-electron chi connectivity index (χ0n) is 8.55. The van der Waals surface area contributed by atoms with E-state index in [2.05, 4.69) is 19.2 Å². The lowest BCUT2D eigenvalue weighted by molar-refractivity contribution is -0.123. The molecule has 3 heteroatoms. The van der Waals surface area contributed by atoms with Gasteiger partial charge in [0.25, 0.3) is 0 Å². The largest absolute Gasteiger partial charge is 0.352 e. The van der Waals surface area contributed by atoms with Gasteiger partial charge in [0, 0.05) is 6.04 Å². The van der Waals surface area contributed by atoms with Crippen LogP contribution in [0, 0.1) is 5.92 Å². The third-order valence-corrected chi connectivity index (χ3v) is 2.51. The smallest absolute Gasteiger partial charge is 0.237 e. The highest BCUT2D eigenvalue weighted by Gasteiger charge is 2.22. The molecule has 1 aliphatic carbocycles. The molecule has 0 radical (unpaired) electrons. The van der Waals surface area contributed by atoms with E-state index < -0.39 is 0 Å². The van der Waals surface area contributed by atoms with Crippen molar-refractivity contribution in [3.05, 3.63) is 0 Å². The second-order valence-electron chi connectivity index (χ2n) is 4.37. The number of rotatable bonds is 4. The topological polar surface area (TPSA) is 55.1 Å². The van der Waals surface area contributed by atoms with Crippen LogP contribution in [-0.4, -0.2) is 18.0 Å². The number of carbonyl (C=O) groups is 1. The maximum Gasteiger partial charge on any atom is 0.237 e. The van der Waals surface area contributed by atoms with E-state index in [-0.39, 0.29) is 11.9 Å². The first-order valence-electron chi connectivity index (χ1n) is 5.15. The Balaban J connectivity index is 2.20. The van der Waals surface area contributed by atoms with E-state index in [0.717, 1.165) is 19.3 Å². The zero-order valence-corrected chi connectivity index (χ0v) is 8.55. The average molecular weight is 184 g/mol. The Bertz CT molecular complexity index is 176. The lowest BCUT2D eigenvalue weighted by Crippen LogP contribution is -2.48. The minimum absolute atomic E-state index is 0.0263. The molecule has 1 aliphatic rings. The summed E-state index contributed by atoms with van der Waals surface area (Å²) in [6.07, 6.45) is 4.27. The number of nitrogens with two attached hydrogens (primary N) is 1. The van der Waals surface area contributed by atoms with Crippen LogP contribution < -0.4 is 11.1 Å². The quantitative estimate of drug-likeness (QED) is 0.685. The highest BCUT2D eigenvalue weighted by atomic mass is 16.2. The van der Waals surface area contributed by atoms with Gasteiger partial charge >= 0.3 is 0 Å². The summed E-state index contributed by atoms with van der Waals surface area (Å²) in [7, 11) is 0. The van der Waals surface area contributed by atoms with Crippen molar-refractivity contribution in [2.75, 3.05) is 0 Å². The SMILES string of the molecule is CC(C)C[C@@H](N)C(=O)NC1CCC1. The summed E-state index contributed by atoms with van der Waals surface area (Å²) in [5, 5.41) is 2.96. The second-order valence-corrected chi connectivity index (χ2v) is 4.37. The Morgan fingerprint density at radius 1 is 1.54 bits per heavy atom. The number of nitrogens with one attached hydrogen (secondary N) is 1. The molecule has 0 aliphatic heterocycles. The van der Waals surface area contributed by atoms with E-state index in [0.29, 0.717) is 12.0 Å². The molecule has 76 valence electrons. The predicted molar refractivity (Wildman–Crippen MR) is 53.2 cm³/mol. The van der Waals surface area contributed by atoms with E-state index >= 15 is 0 Å². The zero-order chi connectivity index (χ0) is 9.84. The first kappa shape index (κ1) is 10.5. The second kappa shape index (κ2) is 4.61. The van der Waals surface area contributed by atoms with Gasteiger partial charge in [0.1, 0.15) is 0 Å². The molecular formula is C10H20N2O. The molecule has 0 aromatic rings. The highest BCUT2D eigenvalue weighted by Crippen LogP contribution is 2.18. The van der Waals surface area contributed by atoms with E-state index in [1.54, 1.807) is 0 Å². The van der Waals surface area contributed by atoms with Gasteiger partial charge in [-0.05, 0) is 31.6 Å². The molecule has 1 saturated carbocycles. The maximum absolute atomic E-state index is 11.4. The van der Waals surface area contributed by atoms with Gasteiger partial charge < -0.3 is 11.1 Å². The molecule has 1 atom stereocenters. The normalized spacial score (nSPS) is 19.7. The fraction of sp³-hybridized carbons (Fsp3) is 0.900. The van der Waals surface area contributed by atoms with Gasteiger partial charge in [0.2, 0.25) is 5.91 Å². The summed E-state index contributed by atoms with van der Waals surface area (Å²) in [6.45, 7) is 4.16. The summed E-state index contributed by atoms with van der Waals surface area (Å²) in [5.41, 5.74) is 5.73. The summed E-state index contributed by atoms with van der Waals surface area (Å²) >= 11 is 0. The van der Waals surface area contributed by atoms with E-state index in [1.165, 1.54) is 6.42 Å². The molecule has 13 heavy (non-hydrogen) atoms. The van der Waals surface area contributed by atoms with Crippen molar-refractivity contribution in [2.24, 2.45) is 11.7 Å². The molecular weight excluding hydrogens is 164 g/mol. The van der Waals surface area contributed by atoms with Gasteiger partial charge in [0.15, 0.2) is 0 Å². The van der Waals surface area contributed by atoms with E-state index in [4.69, 9.17) is 5.73 Å². The number of amides is 1. The van der Waals surface area contributed by atoms with Crippen LogP contribution in [0.4, 0.5) is 0 Å². The van der Waals surface area contributed by atoms with Crippen molar-refractivity contribution in [1.29, 1.82) is 0 Å². The molecule has 0 saturated heterocycles. The first-order valence-corrected chi connectivity index (χ1v) is 5.15. The van der Waals surface area contributed by atoms with Crippen LogP contribution in [0.2, 0.25) is 0 Å². The van der Waals surface area contributed by atoms with Crippen LogP contribution in [0.25, 0.3) is 0 Å². The molecule has 3 nitrogen and oxygen atoms in total. The Kier molecular flexibility index (Phi) is 3.72. The summed E-state index contributed by atoms with van der Waals surface area (Å²) in [4.78, 5) is 11.4. The summed E-state index contributed by atoms with van der Waals surface area (Å²) in [6, 6.07) is 0.0892. The fourth-order valence-corrected chi connectivity index (χ4v) is 1.48. The molecule has 0 spiro atoms. The molecule has 0 bridgehead atoms. The van der Waals surface area contributed by atoms with Crippen LogP contribution in [-0.2, 0) is 4.79 Å². The van der Waals surface area contributed by atoms with Gasteiger partial charge in [0.05, 0.1) is 6.04 Å². The molecule has 1 rings (SSSR count). The summed E-state index contributed by atoms with van der Waals surface area (Å²) in [5.74, 6) is 0.514. The Morgan fingerprint density at radius 2 is 2.15 bits per heavy atom. The van der Waals surface area contributed by atoms with Crippen molar-refractivity contribution in [3.8, 4) is 0 Å². The maximum atomic E-state index is 11.4. The molecule has 1 fully saturated rings. The van der Waals surface area contributed by atoms with Gasteiger partial charge in [-0.15, -0.1) is 0 Å². The lowest BCUT2D eigenvalue weighted by atomic mass is 9.92. The van der Waals surface area contributed by atoms with Gasteiger partial charge in [-0.1, -0.05) is 13.8 Å². The third-order valence-electron chi connectivity index (χ3n) is 2.51. The van der Waals surface area contributed by atoms with Gasteiger partial charge in [-0.2, -0.15) is 0 Å².